The fraction of sp³-hybridized carbons (Fsp3) is 0.0833. The van der Waals surface area contributed by atoms with Crippen LogP contribution < -0.4 is 10.5 Å². The molecular formula is C24H19FN2O3. The van der Waals surface area contributed by atoms with E-state index in [1.807, 2.05) is 0 Å². The number of primary amides is 1. The topological polar surface area (TPSA) is 72.6 Å². The van der Waals surface area contributed by atoms with Crippen molar-refractivity contribution in [3.63, 3.8) is 0 Å². The average molecular weight is 402 g/mol. The third kappa shape index (κ3) is 5.24. The first kappa shape index (κ1) is 20.6. The van der Waals surface area contributed by atoms with E-state index in [4.69, 9.17) is 16.9 Å². The molecule has 0 heterocycles. The van der Waals surface area contributed by atoms with Gasteiger partial charge in [0.15, 0.2) is 0 Å². The summed E-state index contributed by atoms with van der Waals surface area (Å²) in [5.41, 5.74) is 6.83. The molecule has 0 saturated carbocycles. The van der Waals surface area contributed by atoms with Crippen molar-refractivity contribution in [1.82, 2.24) is 4.90 Å². The number of halogens is 1. The molecule has 6 heteroatoms. The van der Waals surface area contributed by atoms with Crippen LogP contribution in [0.1, 0.15) is 26.3 Å². The van der Waals surface area contributed by atoms with E-state index in [1.54, 1.807) is 60.7 Å². The van der Waals surface area contributed by atoms with Crippen molar-refractivity contribution >= 4 is 11.8 Å². The molecule has 3 rings (SSSR count). The summed E-state index contributed by atoms with van der Waals surface area (Å²) in [6.07, 6.45) is 5.41. The predicted molar refractivity (Wildman–Crippen MR) is 111 cm³/mol. The second-order valence-electron chi connectivity index (χ2n) is 6.51. The highest BCUT2D eigenvalue weighted by Gasteiger charge is 2.16. The van der Waals surface area contributed by atoms with Crippen molar-refractivity contribution in [2.24, 2.45) is 5.73 Å². The highest BCUT2D eigenvalue weighted by atomic mass is 19.1. The summed E-state index contributed by atoms with van der Waals surface area (Å²) in [6.45, 7) is 0.397. The Morgan fingerprint density at radius 1 is 0.900 bits per heavy atom. The molecular weight excluding hydrogens is 383 g/mol. The number of rotatable bonds is 7. The number of terminal acetylenes is 1. The molecule has 30 heavy (non-hydrogen) atoms. The van der Waals surface area contributed by atoms with Gasteiger partial charge in [-0.05, 0) is 66.2 Å². The van der Waals surface area contributed by atoms with E-state index >= 15 is 0 Å². The van der Waals surface area contributed by atoms with Crippen molar-refractivity contribution in [3.05, 3.63) is 95.3 Å². The third-order valence-electron chi connectivity index (χ3n) is 4.33. The molecule has 150 valence electrons. The molecule has 5 nitrogen and oxygen atoms in total. The summed E-state index contributed by atoms with van der Waals surface area (Å²) in [7, 11) is 0. The zero-order chi connectivity index (χ0) is 21.5. The molecule has 0 bridgehead atoms. The van der Waals surface area contributed by atoms with Gasteiger partial charge in [0.25, 0.3) is 5.91 Å². The summed E-state index contributed by atoms with van der Waals surface area (Å²) < 4.78 is 18.8. The Morgan fingerprint density at radius 2 is 1.43 bits per heavy atom. The van der Waals surface area contributed by atoms with Crippen LogP contribution in [0.25, 0.3) is 0 Å². The van der Waals surface area contributed by atoms with Crippen LogP contribution in [0.3, 0.4) is 0 Å². The molecule has 0 radical (unpaired) electrons. The van der Waals surface area contributed by atoms with E-state index in [9.17, 15) is 14.0 Å². The van der Waals surface area contributed by atoms with Gasteiger partial charge in [0.1, 0.15) is 17.3 Å². The van der Waals surface area contributed by atoms with Gasteiger partial charge < -0.3 is 15.4 Å². The summed E-state index contributed by atoms with van der Waals surface area (Å²) in [5.74, 6) is 2.45. The van der Waals surface area contributed by atoms with Crippen LogP contribution >= 0.6 is 0 Å². The van der Waals surface area contributed by atoms with Crippen molar-refractivity contribution in [2.45, 2.75) is 6.54 Å². The summed E-state index contributed by atoms with van der Waals surface area (Å²) in [5, 5.41) is 0. The van der Waals surface area contributed by atoms with Crippen LogP contribution in [0.2, 0.25) is 0 Å². The predicted octanol–water partition coefficient (Wildman–Crippen LogP) is 3.99. The lowest BCUT2D eigenvalue weighted by Gasteiger charge is -2.20. The normalized spacial score (nSPS) is 10.1. The number of nitrogens with zero attached hydrogens (tertiary/aromatic N) is 1. The van der Waals surface area contributed by atoms with Gasteiger partial charge >= 0.3 is 0 Å². The van der Waals surface area contributed by atoms with Gasteiger partial charge in [-0.25, -0.2) is 4.39 Å². The molecule has 0 aromatic heterocycles. The number of ether oxygens (including phenoxy) is 1. The Balaban J connectivity index is 1.69. The van der Waals surface area contributed by atoms with Crippen LogP contribution in [0.5, 0.6) is 11.5 Å². The number of amides is 2. The standard InChI is InChI=1S/C24H19FN2O3/c1-2-15-27(16-17-3-9-20(25)10-4-17)24(29)19-7-13-22(14-8-19)30-21-11-5-18(6-12-21)23(26)28/h1,3-14H,15-16H2,(H2,26,28). The molecule has 0 unspecified atom stereocenters. The first-order chi connectivity index (χ1) is 14.5. The highest BCUT2D eigenvalue weighted by Crippen LogP contribution is 2.23. The Kier molecular flexibility index (Phi) is 6.46. The second-order valence-corrected chi connectivity index (χ2v) is 6.51. The maximum absolute atomic E-state index is 13.1. The zero-order valence-corrected chi connectivity index (χ0v) is 16.0. The van der Waals surface area contributed by atoms with Crippen LogP contribution in [-0.2, 0) is 6.54 Å². The number of carbonyl (C=O) groups excluding carboxylic acids is 2. The first-order valence-corrected chi connectivity index (χ1v) is 9.11. The molecule has 0 aliphatic rings. The second kappa shape index (κ2) is 9.39. The van der Waals surface area contributed by atoms with Gasteiger partial charge in [0, 0.05) is 17.7 Å². The number of benzene rings is 3. The van der Waals surface area contributed by atoms with Crippen molar-refractivity contribution in [2.75, 3.05) is 6.54 Å². The zero-order valence-electron chi connectivity index (χ0n) is 16.0. The van der Waals surface area contributed by atoms with Crippen LogP contribution in [-0.4, -0.2) is 23.3 Å². The van der Waals surface area contributed by atoms with Gasteiger partial charge in [-0.3, -0.25) is 9.59 Å². The maximum Gasteiger partial charge on any atom is 0.254 e. The molecule has 2 amide bonds. The lowest BCUT2D eigenvalue weighted by Crippen LogP contribution is -2.30. The van der Waals surface area contributed by atoms with E-state index in [-0.39, 0.29) is 24.8 Å². The summed E-state index contributed by atoms with van der Waals surface area (Å²) in [4.78, 5) is 25.5. The minimum absolute atomic E-state index is 0.126. The molecule has 2 N–H and O–H groups in total. The molecule has 0 fully saturated rings. The summed E-state index contributed by atoms with van der Waals surface area (Å²) in [6, 6.07) is 19.0. The van der Waals surface area contributed by atoms with E-state index in [1.165, 1.54) is 17.0 Å². The van der Waals surface area contributed by atoms with E-state index in [2.05, 4.69) is 5.92 Å². The van der Waals surface area contributed by atoms with Gasteiger partial charge in [0.05, 0.1) is 6.54 Å². The number of hydrogen-bond acceptors (Lipinski definition) is 3. The highest BCUT2D eigenvalue weighted by molar-refractivity contribution is 5.94. The lowest BCUT2D eigenvalue weighted by molar-refractivity contribution is 0.0765. The van der Waals surface area contributed by atoms with Gasteiger partial charge in [0.2, 0.25) is 5.91 Å². The Bertz CT molecular complexity index is 1070. The summed E-state index contributed by atoms with van der Waals surface area (Å²) >= 11 is 0. The Morgan fingerprint density at radius 3 is 1.93 bits per heavy atom. The fourth-order valence-electron chi connectivity index (χ4n) is 2.79. The molecule has 0 saturated heterocycles. The minimum Gasteiger partial charge on any atom is -0.457 e. The van der Waals surface area contributed by atoms with E-state index < -0.39 is 5.91 Å². The number of nitrogens with two attached hydrogens (primary N) is 1. The fourth-order valence-corrected chi connectivity index (χ4v) is 2.79. The van der Waals surface area contributed by atoms with Crippen LogP contribution in [0.15, 0.2) is 72.8 Å². The van der Waals surface area contributed by atoms with Crippen LogP contribution in [0, 0.1) is 18.2 Å². The molecule has 0 aliphatic carbocycles. The molecule has 0 aliphatic heterocycles. The largest absolute Gasteiger partial charge is 0.457 e. The maximum atomic E-state index is 13.1. The van der Waals surface area contributed by atoms with Gasteiger partial charge in [-0.2, -0.15) is 0 Å². The molecule has 0 spiro atoms. The van der Waals surface area contributed by atoms with Gasteiger partial charge in [-0.15, -0.1) is 6.42 Å². The average Bonchev–Trinajstić information content (AvgIpc) is 2.75. The van der Waals surface area contributed by atoms with Gasteiger partial charge in [-0.1, -0.05) is 18.1 Å². The molecule has 0 atom stereocenters. The number of hydrogen-bond donors (Lipinski definition) is 1. The monoisotopic (exact) mass is 402 g/mol. The number of carbonyl (C=O) groups is 2. The molecule has 3 aromatic rings. The minimum atomic E-state index is -0.512. The van der Waals surface area contributed by atoms with Crippen LogP contribution in [0.4, 0.5) is 4.39 Å². The SMILES string of the molecule is C#CCN(Cc1ccc(F)cc1)C(=O)c1ccc(Oc2ccc(C(N)=O)cc2)cc1. The third-order valence-corrected chi connectivity index (χ3v) is 4.33. The van der Waals surface area contributed by atoms with Crippen molar-refractivity contribution < 1.29 is 18.7 Å². The van der Waals surface area contributed by atoms with Crippen molar-refractivity contribution in [1.29, 1.82) is 0 Å². The molecule has 3 aromatic carbocycles. The Labute approximate surface area is 173 Å². The van der Waals surface area contributed by atoms with E-state index in [0.29, 0.717) is 22.6 Å². The first-order valence-electron chi connectivity index (χ1n) is 9.11. The van der Waals surface area contributed by atoms with E-state index in [0.717, 1.165) is 5.56 Å². The quantitative estimate of drug-likeness (QED) is 0.608. The van der Waals surface area contributed by atoms with Crippen molar-refractivity contribution in [3.8, 4) is 23.8 Å². The Hall–Kier alpha value is -4.11. The smallest absolute Gasteiger partial charge is 0.254 e. The lowest BCUT2D eigenvalue weighted by atomic mass is 10.1.